The minimum Gasteiger partial charge on any atom is -0.482 e. The van der Waals surface area contributed by atoms with E-state index in [9.17, 15) is 9.59 Å². The molecule has 0 aromatic heterocycles. The first-order valence-corrected chi connectivity index (χ1v) is 6.62. The van der Waals surface area contributed by atoms with Crippen LogP contribution < -0.4 is 15.6 Å². The van der Waals surface area contributed by atoms with Crippen LogP contribution in [0.2, 0.25) is 5.02 Å². The smallest absolute Gasteiger partial charge is 0.276 e. The summed E-state index contributed by atoms with van der Waals surface area (Å²) in [5, 5.41) is 0.420. The Morgan fingerprint density at radius 3 is 2.85 bits per heavy atom. The second-order valence-electron chi connectivity index (χ2n) is 4.26. The number of amides is 2. The predicted molar refractivity (Wildman–Crippen MR) is 72.2 cm³/mol. The van der Waals surface area contributed by atoms with E-state index in [1.165, 1.54) is 0 Å². The average molecular weight is 299 g/mol. The van der Waals surface area contributed by atoms with E-state index >= 15 is 0 Å². The van der Waals surface area contributed by atoms with Crippen molar-refractivity contribution < 1.29 is 19.1 Å². The van der Waals surface area contributed by atoms with E-state index in [0.717, 1.165) is 6.42 Å². The highest BCUT2D eigenvalue weighted by Crippen LogP contribution is 2.22. The largest absolute Gasteiger partial charge is 0.482 e. The lowest BCUT2D eigenvalue weighted by molar-refractivity contribution is -0.135. The fraction of sp³-hybridized carbons (Fsp3) is 0.385. The Morgan fingerprint density at radius 2 is 2.15 bits per heavy atom. The van der Waals surface area contributed by atoms with Gasteiger partial charge in [0, 0.05) is 6.61 Å². The van der Waals surface area contributed by atoms with E-state index < -0.39 is 12.0 Å². The molecule has 1 aromatic rings. The van der Waals surface area contributed by atoms with Crippen molar-refractivity contribution in [1.29, 1.82) is 0 Å². The van der Waals surface area contributed by atoms with Crippen LogP contribution in [0.15, 0.2) is 24.3 Å². The highest BCUT2D eigenvalue weighted by Gasteiger charge is 2.23. The number of ether oxygens (including phenoxy) is 2. The maximum atomic E-state index is 11.6. The molecule has 7 heteroatoms. The van der Waals surface area contributed by atoms with Gasteiger partial charge >= 0.3 is 0 Å². The number of benzene rings is 1. The Kier molecular flexibility index (Phi) is 5.20. The van der Waals surface area contributed by atoms with E-state index in [2.05, 4.69) is 10.9 Å². The summed E-state index contributed by atoms with van der Waals surface area (Å²) < 4.78 is 10.4. The van der Waals surface area contributed by atoms with Crippen LogP contribution in [-0.2, 0) is 14.3 Å². The minimum absolute atomic E-state index is 0.241. The predicted octanol–water partition coefficient (Wildman–Crippen LogP) is 1.05. The number of carbonyl (C=O) groups excluding carboxylic acids is 2. The van der Waals surface area contributed by atoms with Crippen LogP contribution in [0, 0.1) is 0 Å². The summed E-state index contributed by atoms with van der Waals surface area (Å²) >= 11 is 5.88. The second-order valence-corrected chi connectivity index (χ2v) is 4.67. The fourth-order valence-electron chi connectivity index (χ4n) is 1.74. The lowest BCUT2D eigenvalue weighted by Gasteiger charge is -2.12. The molecular weight excluding hydrogens is 284 g/mol. The molecule has 2 amide bonds. The number of halogens is 1. The third-order valence-electron chi connectivity index (χ3n) is 2.74. The maximum absolute atomic E-state index is 11.6. The number of para-hydroxylation sites is 1. The molecule has 1 heterocycles. The summed E-state index contributed by atoms with van der Waals surface area (Å²) in [6.07, 6.45) is 1.03. The molecule has 0 aliphatic carbocycles. The van der Waals surface area contributed by atoms with Crippen molar-refractivity contribution in [3.8, 4) is 5.75 Å². The van der Waals surface area contributed by atoms with Crippen molar-refractivity contribution in [2.24, 2.45) is 0 Å². The molecule has 0 bridgehead atoms. The lowest BCUT2D eigenvalue weighted by Crippen LogP contribution is -2.47. The Hall–Kier alpha value is -1.79. The normalized spacial score (nSPS) is 17.6. The highest BCUT2D eigenvalue weighted by atomic mass is 35.5. The number of nitrogens with one attached hydrogen (secondary N) is 2. The molecule has 1 saturated heterocycles. The van der Waals surface area contributed by atoms with E-state index in [-0.39, 0.29) is 12.5 Å². The standard InChI is InChI=1S/C13H15ClN2O4/c14-9-4-1-2-5-10(9)20-8-12(17)15-16-13(18)11-6-3-7-19-11/h1-2,4-5,11H,3,6-8H2,(H,15,17)(H,16,18)/t11-/m0/s1. The Bertz CT molecular complexity index is 489. The van der Waals surface area contributed by atoms with Crippen LogP contribution >= 0.6 is 11.6 Å². The number of hydrogen-bond acceptors (Lipinski definition) is 4. The minimum atomic E-state index is -0.486. The third-order valence-corrected chi connectivity index (χ3v) is 3.05. The van der Waals surface area contributed by atoms with Gasteiger partial charge in [0.05, 0.1) is 5.02 Å². The Balaban J connectivity index is 1.70. The summed E-state index contributed by atoms with van der Waals surface area (Å²) in [4.78, 5) is 23.1. The van der Waals surface area contributed by atoms with Crippen LogP contribution in [-0.4, -0.2) is 31.1 Å². The van der Waals surface area contributed by atoms with Crippen LogP contribution in [0.25, 0.3) is 0 Å². The van der Waals surface area contributed by atoms with Crippen molar-refractivity contribution >= 4 is 23.4 Å². The molecule has 0 spiro atoms. The van der Waals surface area contributed by atoms with Gasteiger partial charge in [-0.2, -0.15) is 0 Å². The zero-order valence-corrected chi connectivity index (χ0v) is 11.5. The summed E-state index contributed by atoms with van der Waals surface area (Å²) in [6, 6.07) is 6.82. The Labute approximate surface area is 121 Å². The zero-order valence-electron chi connectivity index (χ0n) is 10.7. The third kappa shape index (κ3) is 4.11. The highest BCUT2D eigenvalue weighted by molar-refractivity contribution is 6.32. The molecule has 0 radical (unpaired) electrons. The molecule has 6 nitrogen and oxygen atoms in total. The molecule has 1 atom stereocenters. The van der Waals surface area contributed by atoms with E-state index in [0.29, 0.717) is 23.8 Å². The van der Waals surface area contributed by atoms with Crippen LogP contribution in [0.1, 0.15) is 12.8 Å². The van der Waals surface area contributed by atoms with Crippen LogP contribution in [0.4, 0.5) is 0 Å². The number of rotatable bonds is 4. The van der Waals surface area contributed by atoms with Gasteiger partial charge in [0.2, 0.25) is 0 Å². The van der Waals surface area contributed by atoms with Gasteiger partial charge in [0.1, 0.15) is 11.9 Å². The maximum Gasteiger partial charge on any atom is 0.276 e. The van der Waals surface area contributed by atoms with Gasteiger partial charge in [0.25, 0.3) is 11.8 Å². The second kappa shape index (κ2) is 7.12. The fourth-order valence-corrected chi connectivity index (χ4v) is 1.93. The van der Waals surface area contributed by atoms with Gasteiger partial charge < -0.3 is 9.47 Å². The topological polar surface area (TPSA) is 76.7 Å². The molecule has 0 saturated carbocycles. The van der Waals surface area contributed by atoms with Crippen molar-refractivity contribution in [2.45, 2.75) is 18.9 Å². The lowest BCUT2D eigenvalue weighted by atomic mass is 10.2. The molecule has 20 heavy (non-hydrogen) atoms. The molecule has 108 valence electrons. The molecule has 0 unspecified atom stereocenters. The van der Waals surface area contributed by atoms with Gasteiger partial charge in [0.15, 0.2) is 6.61 Å². The molecule has 1 aromatic carbocycles. The van der Waals surface area contributed by atoms with Crippen molar-refractivity contribution in [1.82, 2.24) is 10.9 Å². The number of hydrazine groups is 1. The van der Waals surface area contributed by atoms with Gasteiger partial charge in [-0.05, 0) is 25.0 Å². The van der Waals surface area contributed by atoms with Crippen molar-refractivity contribution in [3.63, 3.8) is 0 Å². The van der Waals surface area contributed by atoms with Gasteiger partial charge in [-0.3, -0.25) is 20.4 Å². The summed E-state index contributed by atoms with van der Waals surface area (Å²) in [5.41, 5.74) is 4.56. The molecule has 1 aliphatic rings. The van der Waals surface area contributed by atoms with Gasteiger partial charge in [-0.1, -0.05) is 23.7 Å². The average Bonchev–Trinajstić information content (AvgIpc) is 2.98. The monoisotopic (exact) mass is 298 g/mol. The summed E-state index contributed by atoms with van der Waals surface area (Å²) in [7, 11) is 0. The molecular formula is C13H15ClN2O4. The number of hydrogen-bond donors (Lipinski definition) is 2. The first-order chi connectivity index (χ1) is 9.66. The van der Waals surface area contributed by atoms with E-state index in [1.54, 1.807) is 24.3 Å². The van der Waals surface area contributed by atoms with E-state index in [4.69, 9.17) is 21.1 Å². The summed E-state index contributed by atoms with van der Waals surface area (Å²) in [5.74, 6) is -0.417. The van der Waals surface area contributed by atoms with Gasteiger partial charge in [-0.15, -0.1) is 0 Å². The van der Waals surface area contributed by atoms with Crippen LogP contribution in [0.3, 0.4) is 0 Å². The SMILES string of the molecule is O=C(COc1ccccc1Cl)NNC(=O)[C@@H]1CCCO1. The van der Waals surface area contributed by atoms with Gasteiger partial charge in [-0.25, -0.2) is 0 Å². The molecule has 1 fully saturated rings. The molecule has 2 N–H and O–H groups in total. The zero-order chi connectivity index (χ0) is 14.4. The van der Waals surface area contributed by atoms with Crippen LogP contribution in [0.5, 0.6) is 5.75 Å². The van der Waals surface area contributed by atoms with Crippen molar-refractivity contribution in [3.05, 3.63) is 29.3 Å². The Morgan fingerprint density at radius 1 is 1.35 bits per heavy atom. The first kappa shape index (κ1) is 14.6. The first-order valence-electron chi connectivity index (χ1n) is 6.24. The quantitative estimate of drug-likeness (QED) is 0.815. The number of carbonyl (C=O) groups is 2. The molecule has 1 aliphatic heterocycles. The van der Waals surface area contributed by atoms with Crippen molar-refractivity contribution in [2.75, 3.05) is 13.2 Å². The molecule has 2 rings (SSSR count). The summed E-state index contributed by atoms with van der Waals surface area (Å²) in [6.45, 7) is 0.331. The van der Waals surface area contributed by atoms with E-state index in [1.807, 2.05) is 0 Å².